The molecule has 0 saturated carbocycles. The molecular formula is C14H13FN2O3. The quantitative estimate of drug-likeness (QED) is 0.780. The zero-order chi connectivity index (χ0) is 14.5. The largest absolute Gasteiger partial charge is 0.508 e. The molecular weight excluding hydrogens is 263 g/mol. The SMILES string of the molecule is O=C(O)c1cc(F)cnc1NCCc1ccc(O)cc1. The second-order valence-electron chi connectivity index (χ2n) is 4.20. The molecule has 0 fully saturated rings. The third-order valence-corrected chi connectivity index (χ3v) is 2.73. The third kappa shape index (κ3) is 3.44. The van der Waals surface area contributed by atoms with Gasteiger partial charge in [-0.2, -0.15) is 0 Å². The van der Waals surface area contributed by atoms with E-state index in [9.17, 15) is 9.18 Å². The van der Waals surface area contributed by atoms with Crippen molar-refractivity contribution >= 4 is 11.8 Å². The number of aromatic nitrogens is 1. The van der Waals surface area contributed by atoms with Crippen LogP contribution in [0.4, 0.5) is 10.2 Å². The van der Waals surface area contributed by atoms with Gasteiger partial charge in [0.25, 0.3) is 0 Å². The van der Waals surface area contributed by atoms with Gasteiger partial charge < -0.3 is 15.5 Å². The Morgan fingerprint density at radius 2 is 2.00 bits per heavy atom. The van der Waals surface area contributed by atoms with Crippen LogP contribution in [0.25, 0.3) is 0 Å². The lowest BCUT2D eigenvalue weighted by atomic mass is 10.1. The average molecular weight is 276 g/mol. The number of halogens is 1. The molecule has 0 unspecified atom stereocenters. The molecule has 20 heavy (non-hydrogen) atoms. The van der Waals surface area contributed by atoms with Crippen LogP contribution >= 0.6 is 0 Å². The maximum absolute atomic E-state index is 13.0. The molecule has 0 amide bonds. The number of pyridine rings is 1. The second-order valence-corrected chi connectivity index (χ2v) is 4.20. The van der Waals surface area contributed by atoms with Crippen LogP contribution in [-0.4, -0.2) is 27.7 Å². The maximum Gasteiger partial charge on any atom is 0.339 e. The number of carbonyl (C=O) groups is 1. The summed E-state index contributed by atoms with van der Waals surface area (Å²) in [5, 5.41) is 21.0. The first-order chi connectivity index (χ1) is 9.56. The van der Waals surface area contributed by atoms with Crippen molar-refractivity contribution in [2.45, 2.75) is 6.42 Å². The van der Waals surface area contributed by atoms with Gasteiger partial charge in [0.15, 0.2) is 0 Å². The fourth-order valence-electron chi connectivity index (χ4n) is 1.73. The van der Waals surface area contributed by atoms with Crippen LogP contribution in [-0.2, 0) is 6.42 Å². The number of phenolic OH excluding ortho intramolecular Hbond substituents is 1. The van der Waals surface area contributed by atoms with Crippen molar-refractivity contribution in [3.05, 3.63) is 53.5 Å². The first kappa shape index (κ1) is 13.8. The molecule has 0 aliphatic rings. The van der Waals surface area contributed by atoms with Gasteiger partial charge in [0.05, 0.1) is 6.20 Å². The van der Waals surface area contributed by atoms with E-state index >= 15 is 0 Å². The van der Waals surface area contributed by atoms with Crippen LogP contribution in [0.2, 0.25) is 0 Å². The highest BCUT2D eigenvalue weighted by Gasteiger charge is 2.12. The number of nitrogens with one attached hydrogen (secondary N) is 1. The molecule has 2 aromatic rings. The zero-order valence-electron chi connectivity index (χ0n) is 10.5. The first-order valence-electron chi connectivity index (χ1n) is 5.97. The molecule has 5 nitrogen and oxygen atoms in total. The molecule has 6 heteroatoms. The molecule has 2 rings (SSSR count). The number of rotatable bonds is 5. The van der Waals surface area contributed by atoms with Crippen molar-refractivity contribution < 1.29 is 19.4 Å². The van der Waals surface area contributed by atoms with Crippen LogP contribution in [0.5, 0.6) is 5.75 Å². The smallest absolute Gasteiger partial charge is 0.339 e. The van der Waals surface area contributed by atoms with Gasteiger partial charge in [0.2, 0.25) is 0 Å². The molecule has 0 bridgehead atoms. The summed E-state index contributed by atoms with van der Waals surface area (Å²) >= 11 is 0. The monoisotopic (exact) mass is 276 g/mol. The Hall–Kier alpha value is -2.63. The Morgan fingerprint density at radius 1 is 1.30 bits per heavy atom. The van der Waals surface area contributed by atoms with E-state index in [1.54, 1.807) is 24.3 Å². The number of anilines is 1. The molecule has 0 atom stereocenters. The van der Waals surface area contributed by atoms with Crippen LogP contribution < -0.4 is 5.32 Å². The molecule has 0 aliphatic carbocycles. The third-order valence-electron chi connectivity index (χ3n) is 2.73. The first-order valence-corrected chi connectivity index (χ1v) is 5.97. The normalized spacial score (nSPS) is 10.2. The lowest BCUT2D eigenvalue weighted by Crippen LogP contribution is -2.11. The number of hydrogen-bond acceptors (Lipinski definition) is 4. The minimum absolute atomic E-state index is 0.137. The summed E-state index contributed by atoms with van der Waals surface area (Å²) in [6.07, 6.45) is 1.59. The molecule has 1 aromatic heterocycles. The van der Waals surface area contributed by atoms with Crippen molar-refractivity contribution in [1.82, 2.24) is 4.98 Å². The standard InChI is InChI=1S/C14H13FN2O3/c15-10-7-12(14(19)20)13(17-8-10)16-6-5-9-1-3-11(18)4-2-9/h1-4,7-8,18H,5-6H2,(H,16,17)(H,19,20). The van der Waals surface area contributed by atoms with Crippen LogP contribution in [0.1, 0.15) is 15.9 Å². The number of phenols is 1. The fourth-order valence-corrected chi connectivity index (χ4v) is 1.73. The van der Waals surface area contributed by atoms with Gasteiger partial charge in [-0.15, -0.1) is 0 Å². The minimum Gasteiger partial charge on any atom is -0.508 e. The molecule has 0 aliphatic heterocycles. The van der Waals surface area contributed by atoms with E-state index < -0.39 is 11.8 Å². The van der Waals surface area contributed by atoms with Gasteiger partial charge >= 0.3 is 5.97 Å². The molecule has 104 valence electrons. The van der Waals surface area contributed by atoms with Crippen LogP contribution in [0, 0.1) is 5.82 Å². The van der Waals surface area contributed by atoms with E-state index in [-0.39, 0.29) is 17.1 Å². The summed E-state index contributed by atoms with van der Waals surface area (Å²) in [7, 11) is 0. The average Bonchev–Trinajstić information content (AvgIpc) is 2.42. The second kappa shape index (κ2) is 6.01. The molecule has 0 radical (unpaired) electrons. The lowest BCUT2D eigenvalue weighted by molar-refractivity contribution is 0.0697. The molecule has 1 heterocycles. The Bertz CT molecular complexity index is 614. The number of hydrogen-bond donors (Lipinski definition) is 3. The number of nitrogens with zero attached hydrogens (tertiary/aromatic N) is 1. The van der Waals surface area contributed by atoms with Gasteiger partial charge in [0, 0.05) is 6.54 Å². The molecule has 3 N–H and O–H groups in total. The van der Waals surface area contributed by atoms with Crippen molar-refractivity contribution in [3.8, 4) is 5.75 Å². The summed E-state index contributed by atoms with van der Waals surface area (Å²) in [5.74, 6) is -1.59. The van der Waals surface area contributed by atoms with E-state index in [0.29, 0.717) is 13.0 Å². The van der Waals surface area contributed by atoms with Crippen molar-refractivity contribution in [2.75, 3.05) is 11.9 Å². The Kier molecular flexibility index (Phi) is 4.14. The number of aromatic hydroxyl groups is 1. The number of carboxylic acid groups (broad SMARTS) is 1. The summed E-state index contributed by atoms with van der Waals surface area (Å²) in [5.41, 5.74) is 0.782. The van der Waals surface area contributed by atoms with E-state index in [0.717, 1.165) is 17.8 Å². The van der Waals surface area contributed by atoms with Crippen molar-refractivity contribution in [3.63, 3.8) is 0 Å². The molecule has 1 aromatic carbocycles. The van der Waals surface area contributed by atoms with E-state index in [2.05, 4.69) is 10.3 Å². The van der Waals surface area contributed by atoms with Gasteiger partial charge in [-0.1, -0.05) is 12.1 Å². The van der Waals surface area contributed by atoms with Gasteiger partial charge in [-0.05, 0) is 30.2 Å². The van der Waals surface area contributed by atoms with Gasteiger partial charge in [-0.25, -0.2) is 14.2 Å². The topological polar surface area (TPSA) is 82.5 Å². The van der Waals surface area contributed by atoms with Crippen LogP contribution in [0.3, 0.4) is 0 Å². The predicted molar refractivity (Wildman–Crippen MR) is 71.5 cm³/mol. The van der Waals surface area contributed by atoms with E-state index in [4.69, 9.17) is 10.2 Å². The summed E-state index contributed by atoms with van der Waals surface area (Å²) < 4.78 is 13.0. The summed E-state index contributed by atoms with van der Waals surface area (Å²) in [6.45, 7) is 0.448. The zero-order valence-corrected chi connectivity index (χ0v) is 10.5. The number of carboxylic acids is 1. The highest BCUT2D eigenvalue weighted by Crippen LogP contribution is 2.14. The Labute approximate surface area is 114 Å². The highest BCUT2D eigenvalue weighted by atomic mass is 19.1. The number of aromatic carboxylic acids is 1. The predicted octanol–water partition coefficient (Wildman–Crippen LogP) is 2.28. The van der Waals surface area contributed by atoms with Gasteiger partial charge in [-0.3, -0.25) is 0 Å². The van der Waals surface area contributed by atoms with Crippen molar-refractivity contribution in [1.29, 1.82) is 0 Å². The van der Waals surface area contributed by atoms with Gasteiger partial charge in [0.1, 0.15) is 22.9 Å². The lowest BCUT2D eigenvalue weighted by Gasteiger charge is -2.08. The molecule has 0 spiro atoms. The van der Waals surface area contributed by atoms with E-state index in [1.165, 1.54) is 0 Å². The Morgan fingerprint density at radius 3 is 2.65 bits per heavy atom. The van der Waals surface area contributed by atoms with Crippen molar-refractivity contribution in [2.24, 2.45) is 0 Å². The van der Waals surface area contributed by atoms with E-state index in [1.807, 2.05) is 0 Å². The van der Waals surface area contributed by atoms with Crippen LogP contribution in [0.15, 0.2) is 36.5 Å². The summed E-state index contributed by atoms with van der Waals surface area (Å²) in [6, 6.07) is 7.63. The fraction of sp³-hybridized carbons (Fsp3) is 0.143. The summed E-state index contributed by atoms with van der Waals surface area (Å²) in [4.78, 5) is 14.7. The highest BCUT2D eigenvalue weighted by molar-refractivity contribution is 5.93. The maximum atomic E-state index is 13.0. The minimum atomic E-state index is -1.23. The number of benzene rings is 1. The Balaban J connectivity index is 2.00. The molecule has 0 saturated heterocycles.